The van der Waals surface area contributed by atoms with Gasteiger partial charge in [-0.1, -0.05) is 18.2 Å². The number of carbonyl (C=O) groups excluding carboxylic acids is 1. The number of rotatable bonds is 3. The third-order valence-corrected chi connectivity index (χ3v) is 3.51. The predicted octanol–water partition coefficient (Wildman–Crippen LogP) is 4.41. The summed E-state index contributed by atoms with van der Waals surface area (Å²) in [4.78, 5) is 16.5. The van der Waals surface area contributed by atoms with Crippen LogP contribution in [-0.4, -0.2) is 23.6 Å². The lowest BCUT2D eigenvalue weighted by atomic mass is 10.2. The lowest BCUT2D eigenvalue weighted by molar-refractivity contribution is -0.170. The number of hydrogen-bond donors (Lipinski definition) is 0. The molecular weight excluding hydrogens is 321 g/mol. The van der Waals surface area contributed by atoms with Gasteiger partial charge in [-0.05, 0) is 37.3 Å². The molecule has 0 N–H and O–H groups in total. The molecule has 2 aromatic carbocycles. The lowest BCUT2D eigenvalue weighted by Gasteiger charge is -2.21. The highest BCUT2D eigenvalue weighted by molar-refractivity contribution is 5.98. The van der Waals surface area contributed by atoms with Crippen LogP contribution in [0.2, 0.25) is 0 Å². The number of carbonyl (C=O) groups is 1. The van der Waals surface area contributed by atoms with Gasteiger partial charge in [0, 0.05) is 17.8 Å². The molecule has 124 valence electrons. The number of amides is 1. The minimum atomic E-state index is -4.93. The summed E-state index contributed by atoms with van der Waals surface area (Å²) >= 11 is 0. The molecular formula is C17H13F3N2O2. The number of fused-ring (bicyclic) bond motifs is 1. The Kier molecular flexibility index (Phi) is 4.01. The average Bonchev–Trinajstić information content (AvgIpc) is 2.99. The highest BCUT2D eigenvalue weighted by Crippen LogP contribution is 2.29. The number of aromatic nitrogens is 1. The van der Waals surface area contributed by atoms with Crippen molar-refractivity contribution < 1.29 is 22.4 Å². The Hall–Kier alpha value is -2.83. The standard InChI is InChI=1S/C17H13F3N2O2/c1-2-22(16(23)17(18,19)20)12-8-9-14-13(10-12)21-15(24-14)11-6-4-3-5-7-11/h3-10H,2H2,1H3. The molecule has 0 saturated carbocycles. The van der Waals surface area contributed by atoms with Gasteiger partial charge in [-0.2, -0.15) is 13.2 Å². The Morgan fingerprint density at radius 2 is 1.88 bits per heavy atom. The summed E-state index contributed by atoms with van der Waals surface area (Å²) in [6.07, 6.45) is -4.93. The molecule has 7 heteroatoms. The summed E-state index contributed by atoms with van der Waals surface area (Å²) in [5, 5.41) is 0. The fraction of sp³-hybridized carbons (Fsp3) is 0.176. The Morgan fingerprint density at radius 3 is 2.50 bits per heavy atom. The van der Waals surface area contributed by atoms with Crippen molar-refractivity contribution in [2.45, 2.75) is 13.1 Å². The van der Waals surface area contributed by atoms with Gasteiger partial charge in [0.15, 0.2) is 5.58 Å². The first kappa shape index (κ1) is 16.0. The van der Waals surface area contributed by atoms with Gasteiger partial charge in [0.1, 0.15) is 5.52 Å². The van der Waals surface area contributed by atoms with Crippen molar-refractivity contribution in [2.24, 2.45) is 0 Å². The normalized spacial score (nSPS) is 11.7. The number of alkyl halides is 3. The fourth-order valence-corrected chi connectivity index (χ4v) is 2.38. The van der Waals surface area contributed by atoms with Crippen molar-refractivity contribution in [1.82, 2.24) is 4.98 Å². The maximum atomic E-state index is 12.7. The average molecular weight is 334 g/mol. The van der Waals surface area contributed by atoms with Crippen LogP contribution >= 0.6 is 0 Å². The highest BCUT2D eigenvalue weighted by atomic mass is 19.4. The molecule has 3 rings (SSSR count). The molecule has 24 heavy (non-hydrogen) atoms. The number of benzene rings is 2. The molecule has 4 nitrogen and oxygen atoms in total. The predicted molar refractivity (Wildman–Crippen MR) is 83.5 cm³/mol. The van der Waals surface area contributed by atoms with Crippen LogP contribution in [0.1, 0.15) is 6.92 Å². The minimum absolute atomic E-state index is 0.104. The van der Waals surface area contributed by atoms with E-state index in [1.807, 2.05) is 30.3 Å². The summed E-state index contributed by atoms with van der Waals surface area (Å²) in [6, 6.07) is 13.5. The molecule has 0 aliphatic heterocycles. The highest BCUT2D eigenvalue weighted by Gasteiger charge is 2.42. The van der Waals surface area contributed by atoms with Crippen LogP contribution in [0, 0.1) is 0 Å². The molecule has 1 heterocycles. The number of halogens is 3. The van der Waals surface area contributed by atoms with E-state index in [9.17, 15) is 18.0 Å². The quantitative estimate of drug-likeness (QED) is 0.713. The van der Waals surface area contributed by atoms with E-state index < -0.39 is 12.1 Å². The maximum absolute atomic E-state index is 12.7. The third kappa shape index (κ3) is 2.97. The van der Waals surface area contributed by atoms with Gasteiger partial charge >= 0.3 is 12.1 Å². The van der Waals surface area contributed by atoms with E-state index >= 15 is 0 Å². The molecule has 0 aliphatic rings. The van der Waals surface area contributed by atoms with E-state index in [1.54, 1.807) is 0 Å². The van der Waals surface area contributed by atoms with Crippen LogP contribution in [0.25, 0.3) is 22.6 Å². The summed E-state index contributed by atoms with van der Waals surface area (Å²) < 4.78 is 43.7. The van der Waals surface area contributed by atoms with E-state index in [4.69, 9.17) is 4.42 Å². The Morgan fingerprint density at radius 1 is 1.17 bits per heavy atom. The zero-order valence-electron chi connectivity index (χ0n) is 12.7. The van der Waals surface area contributed by atoms with Crippen molar-refractivity contribution in [3.05, 3.63) is 48.5 Å². The smallest absolute Gasteiger partial charge is 0.436 e. The molecule has 0 fully saturated rings. The van der Waals surface area contributed by atoms with E-state index in [2.05, 4.69) is 4.98 Å². The molecule has 1 aromatic heterocycles. The second-order valence-corrected chi connectivity index (χ2v) is 5.08. The van der Waals surface area contributed by atoms with E-state index in [0.29, 0.717) is 21.9 Å². The first-order valence-corrected chi connectivity index (χ1v) is 7.25. The number of oxazole rings is 1. The lowest BCUT2D eigenvalue weighted by Crippen LogP contribution is -2.41. The van der Waals surface area contributed by atoms with Gasteiger partial charge < -0.3 is 9.32 Å². The molecule has 0 unspecified atom stereocenters. The van der Waals surface area contributed by atoms with Gasteiger partial charge in [-0.15, -0.1) is 0 Å². The largest absolute Gasteiger partial charge is 0.471 e. The van der Waals surface area contributed by atoms with Gasteiger partial charge in [0.05, 0.1) is 0 Å². The van der Waals surface area contributed by atoms with E-state index in [0.717, 1.165) is 5.56 Å². The monoisotopic (exact) mass is 334 g/mol. The van der Waals surface area contributed by atoms with Crippen molar-refractivity contribution in [3.63, 3.8) is 0 Å². The molecule has 0 bridgehead atoms. The Balaban J connectivity index is 2.01. The van der Waals surface area contributed by atoms with Crippen LogP contribution < -0.4 is 4.90 Å². The summed E-state index contributed by atoms with van der Waals surface area (Å²) in [6.45, 7) is 1.37. The van der Waals surface area contributed by atoms with Gasteiger partial charge in [-0.25, -0.2) is 4.98 Å². The second-order valence-electron chi connectivity index (χ2n) is 5.08. The first-order valence-electron chi connectivity index (χ1n) is 7.25. The molecule has 0 saturated heterocycles. The SMILES string of the molecule is CCN(C(=O)C(F)(F)F)c1ccc2oc(-c3ccccc3)nc2c1. The summed E-state index contributed by atoms with van der Waals surface area (Å²) in [5.74, 6) is -1.54. The van der Waals surface area contributed by atoms with Crippen molar-refractivity contribution >= 4 is 22.7 Å². The Bertz CT molecular complexity index is 872. The number of anilines is 1. The van der Waals surface area contributed by atoms with E-state index in [-0.39, 0.29) is 12.2 Å². The molecule has 0 spiro atoms. The fourth-order valence-electron chi connectivity index (χ4n) is 2.38. The van der Waals surface area contributed by atoms with Crippen LogP contribution in [0.5, 0.6) is 0 Å². The van der Waals surface area contributed by atoms with Gasteiger partial charge in [0.2, 0.25) is 5.89 Å². The summed E-state index contributed by atoms with van der Waals surface area (Å²) in [7, 11) is 0. The summed E-state index contributed by atoms with van der Waals surface area (Å²) in [5.41, 5.74) is 1.71. The van der Waals surface area contributed by atoms with Gasteiger partial charge in [0.25, 0.3) is 0 Å². The second kappa shape index (κ2) is 5.99. The molecule has 0 aliphatic carbocycles. The third-order valence-electron chi connectivity index (χ3n) is 3.51. The van der Waals surface area contributed by atoms with Crippen LogP contribution in [0.3, 0.4) is 0 Å². The van der Waals surface area contributed by atoms with Crippen molar-refractivity contribution in [3.8, 4) is 11.5 Å². The van der Waals surface area contributed by atoms with Crippen LogP contribution in [0.4, 0.5) is 18.9 Å². The Labute approximate surface area is 135 Å². The minimum Gasteiger partial charge on any atom is -0.436 e. The molecule has 1 amide bonds. The molecule has 3 aromatic rings. The number of nitrogens with zero attached hydrogens (tertiary/aromatic N) is 2. The zero-order valence-corrected chi connectivity index (χ0v) is 12.7. The van der Waals surface area contributed by atoms with Crippen LogP contribution in [-0.2, 0) is 4.79 Å². The van der Waals surface area contributed by atoms with Crippen molar-refractivity contribution in [1.29, 1.82) is 0 Å². The molecule has 0 radical (unpaired) electrons. The van der Waals surface area contributed by atoms with Crippen molar-refractivity contribution in [2.75, 3.05) is 11.4 Å². The topological polar surface area (TPSA) is 46.3 Å². The molecule has 0 atom stereocenters. The van der Waals surface area contributed by atoms with Gasteiger partial charge in [-0.3, -0.25) is 4.79 Å². The van der Waals surface area contributed by atoms with Crippen LogP contribution in [0.15, 0.2) is 52.9 Å². The maximum Gasteiger partial charge on any atom is 0.471 e. The number of hydrogen-bond acceptors (Lipinski definition) is 3. The zero-order chi connectivity index (χ0) is 17.3. The van der Waals surface area contributed by atoms with E-state index in [1.165, 1.54) is 25.1 Å². The first-order chi connectivity index (χ1) is 11.4.